The molecule has 0 unspecified atom stereocenters. The minimum Gasteiger partial charge on any atom is -0.491 e. The molecule has 0 bridgehead atoms. The van der Waals surface area contributed by atoms with Gasteiger partial charge in [-0.15, -0.1) is 0 Å². The number of aryl methyl sites for hydroxylation is 1. The number of fused-ring (bicyclic) bond motifs is 1. The third kappa shape index (κ3) is 4.11. The molecule has 0 fully saturated rings. The Morgan fingerprint density at radius 1 is 1.21 bits per heavy atom. The lowest BCUT2D eigenvalue weighted by molar-refractivity contribution is 0.102. The van der Waals surface area contributed by atoms with Crippen molar-refractivity contribution < 1.29 is 9.53 Å². The molecule has 6 nitrogen and oxygen atoms in total. The Bertz CT molecular complexity index is 1180. The summed E-state index contributed by atoms with van der Waals surface area (Å²) in [6.07, 6.45) is 0.0781. The van der Waals surface area contributed by atoms with Gasteiger partial charge in [0.25, 0.3) is 5.91 Å². The van der Waals surface area contributed by atoms with Crippen molar-refractivity contribution in [1.29, 1.82) is 0 Å². The number of nitrogens with zero attached hydrogens (tertiary/aromatic N) is 3. The predicted octanol–water partition coefficient (Wildman–Crippen LogP) is 5.48. The van der Waals surface area contributed by atoms with Gasteiger partial charge in [0, 0.05) is 11.6 Å². The molecule has 2 aromatic carbocycles. The highest BCUT2D eigenvalue weighted by Crippen LogP contribution is 2.31. The standard InChI is InChI=1S/C21H19ClN4O2S/c1-12(2)28-15-9-7-14(8-10-15)20(27)23-18-11-13(3)25-26(18)21-24-19-16(22)5-4-6-17(19)29-21/h4-12H,1-3H3,(H,23,27). The molecule has 4 aromatic rings. The number of hydrogen-bond acceptors (Lipinski definition) is 5. The van der Waals surface area contributed by atoms with Crippen LogP contribution in [-0.4, -0.2) is 26.8 Å². The molecule has 0 saturated heterocycles. The first-order chi connectivity index (χ1) is 13.9. The van der Waals surface area contributed by atoms with E-state index in [2.05, 4.69) is 15.4 Å². The zero-order chi connectivity index (χ0) is 20.5. The third-order valence-corrected chi connectivity index (χ3v) is 5.40. The van der Waals surface area contributed by atoms with Crippen LogP contribution in [0.1, 0.15) is 29.9 Å². The number of rotatable bonds is 5. The van der Waals surface area contributed by atoms with Gasteiger partial charge in [-0.3, -0.25) is 4.79 Å². The van der Waals surface area contributed by atoms with Crippen LogP contribution in [0.25, 0.3) is 15.3 Å². The number of carbonyl (C=O) groups is 1. The van der Waals surface area contributed by atoms with Crippen LogP contribution in [0.3, 0.4) is 0 Å². The van der Waals surface area contributed by atoms with Crippen LogP contribution in [-0.2, 0) is 0 Å². The number of nitrogens with one attached hydrogen (secondary N) is 1. The normalized spacial score (nSPS) is 11.2. The quantitative estimate of drug-likeness (QED) is 0.458. The number of para-hydroxylation sites is 1. The van der Waals surface area contributed by atoms with E-state index in [0.29, 0.717) is 21.5 Å². The van der Waals surface area contributed by atoms with E-state index in [1.165, 1.54) is 11.3 Å². The zero-order valence-corrected chi connectivity index (χ0v) is 17.7. The zero-order valence-electron chi connectivity index (χ0n) is 16.1. The van der Waals surface area contributed by atoms with Gasteiger partial charge in [-0.05, 0) is 57.2 Å². The molecule has 29 heavy (non-hydrogen) atoms. The Balaban J connectivity index is 1.61. The minimum absolute atomic E-state index is 0.0781. The Hall–Kier alpha value is -2.90. The van der Waals surface area contributed by atoms with Crippen molar-refractivity contribution in [3.05, 3.63) is 64.8 Å². The summed E-state index contributed by atoms with van der Waals surface area (Å²) in [5.74, 6) is 1.04. The van der Waals surface area contributed by atoms with Crippen molar-refractivity contribution in [2.24, 2.45) is 0 Å². The number of hydrogen-bond donors (Lipinski definition) is 1. The van der Waals surface area contributed by atoms with Crippen LogP contribution in [0.2, 0.25) is 5.02 Å². The monoisotopic (exact) mass is 426 g/mol. The molecule has 1 amide bonds. The Kier molecular flexibility index (Phi) is 5.25. The van der Waals surface area contributed by atoms with E-state index in [9.17, 15) is 4.79 Å². The number of aromatic nitrogens is 3. The van der Waals surface area contributed by atoms with Crippen LogP contribution in [0.5, 0.6) is 5.75 Å². The van der Waals surface area contributed by atoms with Crippen molar-refractivity contribution in [3.63, 3.8) is 0 Å². The summed E-state index contributed by atoms with van der Waals surface area (Å²) >= 11 is 7.71. The smallest absolute Gasteiger partial charge is 0.256 e. The fraction of sp³-hybridized carbons (Fsp3) is 0.190. The maximum Gasteiger partial charge on any atom is 0.256 e. The number of ether oxygens (including phenoxy) is 1. The van der Waals surface area contributed by atoms with E-state index in [1.54, 1.807) is 35.0 Å². The summed E-state index contributed by atoms with van der Waals surface area (Å²) in [5.41, 5.74) is 2.02. The Labute approximate surface area is 177 Å². The number of carbonyl (C=O) groups excluding carboxylic acids is 1. The predicted molar refractivity (Wildman–Crippen MR) is 117 cm³/mol. The van der Waals surface area contributed by atoms with Crippen LogP contribution in [0.15, 0.2) is 48.5 Å². The summed E-state index contributed by atoms with van der Waals surface area (Å²) in [4.78, 5) is 17.3. The molecule has 1 N–H and O–H groups in total. The minimum atomic E-state index is -0.235. The van der Waals surface area contributed by atoms with Crippen LogP contribution >= 0.6 is 22.9 Å². The summed E-state index contributed by atoms with van der Waals surface area (Å²) < 4.78 is 8.21. The highest BCUT2D eigenvalue weighted by Gasteiger charge is 2.16. The van der Waals surface area contributed by atoms with Crippen molar-refractivity contribution >= 4 is 44.9 Å². The second kappa shape index (κ2) is 7.85. The number of amides is 1. The maximum atomic E-state index is 12.7. The fourth-order valence-corrected chi connectivity index (χ4v) is 4.10. The first-order valence-electron chi connectivity index (χ1n) is 9.11. The SMILES string of the molecule is Cc1cc(NC(=O)c2ccc(OC(C)C)cc2)n(-c2nc3c(Cl)cccc3s2)n1. The Morgan fingerprint density at radius 2 is 1.97 bits per heavy atom. The van der Waals surface area contributed by atoms with E-state index < -0.39 is 0 Å². The lowest BCUT2D eigenvalue weighted by Crippen LogP contribution is -2.15. The number of halogens is 1. The second-order valence-electron chi connectivity index (χ2n) is 6.81. The van der Waals surface area contributed by atoms with Crippen molar-refractivity contribution in [2.75, 3.05) is 5.32 Å². The van der Waals surface area contributed by atoms with Gasteiger partial charge in [-0.1, -0.05) is 29.0 Å². The van der Waals surface area contributed by atoms with E-state index in [0.717, 1.165) is 21.7 Å². The van der Waals surface area contributed by atoms with Crippen LogP contribution in [0.4, 0.5) is 5.82 Å². The number of anilines is 1. The van der Waals surface area contributed by atoms with Crippen LogP contribution in [0, 0.1) is 6.92 Å². The topological polar surface area (TPSA) is 69.0 Å². The summed E-state index contributed by atoms with van der Waals surface area (Å²) in [6, 6.07) is 14.5. The first kappa shape index (κ1) is 19.4. The van der Waals surface area contributed by atoms with E-state index in [1.807, 2.05) is 39.0 Å². The molecule has 0 atom stereocenters. The van der Waals surface area contributed by atoms with Crippen molar-refractivity contribution in [3.8, 4) is 10.9 Å². The molecule has 4 rings (SSSR count). The summed E-state index contributed by atoms with van der Waals surface area (Å²) in [7, 11) is 0. The van der Waals surface area contributed by atoms with Gasteiger partial charge < -0.3 is 10.1 Å². The van der Waals surface area contributed by atoms with Gasteiger partial charge in [0.1, 0.15) is 17.1 Å². The van der Waals surface area contributed by atoms with Gasteiger partial charge >= 0.3 is 0 Å². The van der Waals surface area contributed by atoms with E-state index in [4.69, 9.17) is 16.3 Å². The maximum absolute atomic E-state index is 12.7. The molecular formula is C21H19ClN4O2S. The largest absolute Gasteiger partial charge is 0.491 e. The van der Waals surface area contributed by atoms with E-state index >= 15 is 0 Å². The Morgan fingerprint density at radius 3 is 2.66 bits per heavy atom. The molecule has 2 aromatic heterocycles. The highest BCUT2D eigenvalue weighted by molar-refractivity contribution is 7.20. The molecular weight excluding hydrogens is 408 g/mol. The fourth-order valence-electron chi connectivity index (χ4n) is 2.87. The lowest BCUT2D eigenvalue weighted by Gasteiger charge is -2.10. The molecule has 0 aliphatic rings. The third-order valence-electron chi connectivity index (χ3n) is 4.10. The van der Waals surface area contributed by atoms with Gasteiger partial charge in [0.2, 0.25) is 5.13 Å². The molecule has 2 heterocycles. The highest BCUT2D eigenvalue weighted by atomic mass is 35.5. The molecule has 0 aliphatic carbocycles. The second-order valence-corrected chi connectivity index (χ2v) is 8.23. The molecule has 0 saturated carbocycles. The molecule has 0 aliphatic heterocycles. The van der Waals surface area contributed by atoms with Gasteiger partial charge in [0.05, 0.1) is 21.5 Å². The van der Waals surface area contributed by atoms with Crippen LogP contribution < -0.4 is 10.1 Å². The summed E-state index contributed by atoms with van der Waals surface area (Å²) in [5, 5.41) is 8.63. The van der Waals surface area contributed by atoms with Crippen molar-refractivity contribution in [1.82, 2.24) is 14.8 Å². The molecule has 8 heteroatoms. The number of thiazole rings is 1. The first-order valence-corrected chi connectivity index (χ1v) is 10.3. The van der Waals surface area contributed by atoms with Gasteiger partial charge in [-0.25, -0.2) is 4.98 Å². The molecule has 0 radical (unpaired) electrons. The number of benzene rings is 2. The molecule has 148 valence electrons. The summed E-state index contributed by atoms with van der Waals surface area (Å²) in [6.45, 7) is 5.78. The van der Waals surface area contributed by atoms with Gasteiger partial charge in [0.15, 0.2) is 0 Å². The molecule has 0 spiro atoms. The average Bonchev–Trinajstić information content (AvgIpc) is 3.26. The van der Waals surface area contributed by atoms with Gasteiger partial charge in [-0.2, -0.15) is 9.78 Å². The van der Waals surface area contributed by atoms with E-state index in [-0.39, 0.29) is 12.0 Å². The van der Waals surface area contributed by atoms with Crippen molar-refractivity contribution in [2.45, 2.75) is 26.9 Å². The lowest BCUT2D eigenvalue weighted by atomic mass is 10.2. The average molecular weight is 427 g/mol.